The molecule has 1 aliphatic rings. The zero-order valence-corrected chi connectivity index (χ0v) is 24.0. The van der Waals surface area contributed by atoms with Gasteiger partial charge in [-0.25, -0.2) is 27.0 Å². The zero-order chi connectivity index (χ0) is 29.1. The molecule has 1 atom stereocenters. The average molecular weight is 574 g/mol. The van der Waals surface area contributed by atoms with E-state index in [4.69, 9.17) is 10.7 Å². The van der Waals surface area contributed by atoms with Crippen LogP contribution in [-0.4, -0.2) is 71.5 Å². The maximum atomic E-state index is 14.9. The summed E-state index contributed by atoms with van der Waals surface area (Å²) < 4.78 is 55.0. The molecule has 0 unspecified atom stereocenters. The van der Waals surface area contributed by atoms with E-state index >= 15 is 0 Å². The van der Waals surface area contributed by atoms with E-state index in [1.165, 1.54) is 0 Å². The van der Waals surface area contributed by atoms with Gasteiger partial charge in [0, 0.05) is 37.9 Å². The van der Waals surface area contributed by atoms with Crippen LogP contribution in [0, 0.1) is 17.0 Å². The quantitative estimate of drug-likeness (QED) is 0.429. The van der Waals surface area contributed by atoms with E-state index in [2.05, 4.69) is 0 Å². The molecule has 2 amide bonds. The molecule has 0 radical (unpaired) electrons. The first-order valence-corrected chi connectivity index (χ1v) is 15.2. The molecule has 3 aromatic rings. The minimum atomic E-state index is -3.18. The molecule has 1 aliphatic heterocycles. The average Bonchev–Trinajstić information content (AvgIpc) is 3.29. The number of amides is 2. The van der Waals surface area contributed by atoms with E-state index in [0.29, 0.717) is 31.9 Å². The largest absolute Gasteiger partial charge is 0.330 e. The fourth-order valence-corrected chi connectivity index (χ4v) is 6.26. The van der Waals surface area contributed by atoms with Crippen LogP contribution in [0.2, 0.25) is 0 Å². The predicted octanol–water partition coefficient (Wildman–Crippen LogP) is 4.47. The third kappa shape index (κ3) is 6.87. The molecule has 1 saturated heterocycles. The third-order valence-corrected chi connectivity index (χ3v) is 8.66. The number of halogens is 2. The summed E-state index contributed by atoms with van der Waals surface area (Å²) in [7, 11) is -3.18. The lowest BCUT2D eigenvalue weighted by molar-refractivity contribution is 0.0848. The molecule has 1 aromatic heterocycles. The summed E-state index contributed by atoms with van der Waals surface area (Å²) in [6, 6.07) is 12.0. The summed E-state index contributed by atoms with van der Waals surface area (Å²) in [5, 5.41) is 0. The van der Waals surface area contributed by atoms with Gasteiger partial charge in [0.15, 0.2) is 9.84 Å². The monoisotopic (exact) mass is 573 g/mol. The van der Waals surface area contributed by atoms with Crippen LogP contribution in [0.15, 0.2) is 54.7 Å². The molecular weight excluding hydrogens is 536 g/mol. The Morgan fingerprint density at radius 1 is 1.10 bits per heavy atom. The van der Waals surface area contributed by atoms with Gasteiger partial charge in [0.05, 0.1) is 23.2 Å². The van der Waals surface area contributed by atoms with Crippen molar-refractivity contribution >= 4 is 15.9 Å². The Bertz CT molecular complexity index is 1420. The lowest BCUT2D eigenvalue weighted by Crippen LogP contribution is -2.53. The summed E-state index contributed by atoms with van der Waals surface area (Å²) >= 11 is 0. The summed E-state index contributed by atoms with van der Waals surface area (Å²) in [6.07, 6.45) is 2.22. The molecule has 0 saturated carbocycles. The zero-order valence-electron chi connectivity index (χ0n) is 23.2. The van der Waals surface area contributed by atoms with Gasteiger partial charge < -0.3 is 20.1 Å². The number of urea groups is 1. The van der Waals surface area contributed by atoms with Crippen LogP contribution in [-0.2, 0) is 16.4 Å². The molecule has 0 aliphatic carbocycles. The topological polar surface area (TPSA) is 102 Å². The van der Waals surface area contributed by atoms with Gasteiger partial charge in [-0.15, -0.1) is 0 Å². The Morgan fingerprint density at radius 2 is 1.77 bits per heavy atom. The molecule has 0 bridgehead atoms. The van der Waals surface area contributed by atoms with Crippen molar-refractivity contribution in [2.75, 3.05) is 37.7 Å². The van der Waals surface area contributed by atoms with E-state index in [-0.39, 0.29) is 41.9 Å². The van der Waals surface area contributed by atoms with Gasteiger partial charge in [0.1, 0.15) is 17.5 Å². The molecule has 8 nitrogen and oxygen atoms in total. The minimum absolute atomic E-state index is 0.0294. The Balaban J connectivity index is 1.84. The van der Waals surface area contributed by atoms with E-state index in [1.54, 1.807) is 16.0 Å². The van der Waals surface area contributed by atoms with Gasteiger partial charge in [-0.3, -0.25) is 0 Å². The fourth-order valence-electron chi connectivity index (χ4n) is 5.06. The van der Waals surface area contributed by atoms with Crippen LogP contribution in [0.3, 0.4) is 0 Å². The van der Waals surface area contributed by atoms with Gasteiger partial charge in [-0.1, -0.05) is 51.1 Å². The van der Waals surface area contributed by atoms with Crippen LogP contribution in [0.1, 0.15) is 44.6 Å². The molecule has 0 spiro atoms. The van der Waals surface area contributed by atoms with Crippen molar-refractivity contribution in [3.05, 3.63) is 77.8 Å². The van der Waals surface area contributed by atoms with E-state index < -0.39 is 32.9 Å². The summed E-state index contributed by atoms with van der Waals surface area (Å²) in [5.74, 6) is -0.840. The molecule has 4 rings (SSSR count). The summed E-state index contributed by atoms with van der Waals surface area (Å²) in [6.45, 7) is 7.26. The maximum absolute atomic E-state index is 14.9. The highest BCUT2D eigenvalue weighted by atomic mass is 32.2. The Morgan fingerprint density at radius 3 is 2.40 bits per heavy atom. The number of nitrogens with two attached hydrogens (primary N) is 1. The summed E-state index contributed by atoms with van der Waals surface area (Å²) in [4.78, 5) is 22.1. The fraction of sp³-hybridized carbons (Fsp3) is 0.448. The normalized spacial score (nSPS) is 16.1. The maximum Gasteiger partial charge on any atom is 0.320 e. The molecule has 2 heterocycles. The summed E-state index contributed by atoms with van der Waals surface area (Å²) in [5.41, 5.74) is 6.57. The highest BCUT2D eigenvalue weighted by molar-refractivity contribution is 7.91. The van der Waals surface area contributed by atoms with Gasteiger partial charge in [-0.2, -0.15) is 0 Å². The molecule has 1 fully saturated rings. The number of hydrogen-bond donors (Lipinski definition) is 1. The SMILES string of the molecule is CC(C)(C)[C@H](c1nc(-c2cc(F)ccc2F)cn1Cc1ccccc1)N(CCCN)C(=O)N1CCS(=O)(=O)CC1. The van der Waals surface area contributed by atoms with Crippen molar-refractivity contribution in [3.8, 4) is 11.3 Å². The van der Waals surface area contributed by atoms with Gasteiger partial charge in [0.2, 0.25) is 0 Å². The number of rotatable bonds is 8. The number of carbonyl (C=O) groups is 1. The first-order valence-electron chi connectivity index (χ1n) is 13.4. The number of hydrogen-bond acceptors (Lipinski definition) is 5. The lowest BCUT2D eigenvalue weighted by atomic mass is 9.84. The third-order valence-electron chi connectivity index (χ3n) is 7.05. The number of benzene rings is 2. The Kier molecular flexibility index (Phi) is 8.94. The number of aromatic nitrogens is 2. The van der Waals surface area contributed by atoms with Crippen molar-refractivity contribution in [2.24, 2.45) is 11.1 Å². The van der Waals surface area contributed by atoms with Gasteiger partial charge >= 0.3 is 6.03 Å². The second kappa shape index (κ2) is 12.1. The number of sulfone groups is 1. The highest BCUT2D eigenvalue weighted by Gasteiger charge is 2.40. The molecule has 2 N–H and O–H groups in total. The van der Waals surface area contributed by atoms with E-state index in [1.807, 2.05) is 55.7 Å². The van der Waals surface area contributed by atoms with Crippen LogP contribution >= 0.6 is 0 Å². The van der Waals surface area contributed by atoms with Crippen LogP contribution in [0.5, 0.6) is 0 Å². The van der Waals surface area contributed by atoms with Crippen LogP contribution in [0.25, 0.3) is 11.3 Å². The lowest BCUT2D eigenvalue weighted by Gasteiger charge is -2.42. The van der Waals surface area contributed by atoms with E-state index in [0.717, 1.165) is 23.8 Å². The smallest absolute Gasteiger partial charge is 0.320 e. The van der Waals surface area contributed by atoms with Gasteiger partial charge in [-0.05, 0) is 42.1 Å². The second-order valence-corrected chi connectivity index (χ2v) is 13.6. The molecular formula is C29H37F2N5O3S. The molecule has 2 aromatic carbocycles. The first kappa shape index (κ1) is 29.7. The van der Waals surface area contributed by atoms with Crippen molar-refractivity contribution in [1.82, 2.24) is 19.4 Å². The second-order valence-electron chi connectivity index (χ2n) is 11.2. The van der Waals surface area contributed by atoms with Crippen molar-refractivity contribution < 1.29 is 22.0 Å². The molecule has 11 heteroatoms. The molecule has 40 heavy (non-hydrogen) atoms. The van der Waals surface area contributed by atoms with Crippen molar-refractivity contribution in [2.45, 2.75) is 39.8 Å². The van der Waals surface area contributed by atoms with Crippen molar-refractivity contribution in [1.29, 1.82) is 0 Å². The van der Waals surface area contributed by atoms with Crippen LogP contribution < -0.4 is 5.73 Å². The molecule has 216 valence electrons. The standard InChI is InChI=1S/C29H37F2N5O3S/c1-29(2,3)26(36(13-7-12-32)28(37)34-14-16-40(38,39)17-15-34)27-33-25(23-18-22(30)10-11-24(23)31)20-35(27)19-21-8-5-4-6-9-21/h4-6,8-11,18,20,26H,7,12-17,19,32H2,1-3H3/t26-/m0/s1. The minimum Gasteiger partial charge on any atom is -0.330 e. The number of nitrogens with zero attached hydrogens (tertiary/aromatic N) is 4. The van der Waals surface area contributed by atoms with Crippen LogP contribution in [0.4, 0.5) is 13.6 Å². The predicted molar refractivity (Wildman–Crippen MR) is 151 cm³/mol. The Hall–Kier alpha value is -3.31. The highest BCUT2D eigenvalue weighted by Crippen LogP contribution is 2.40. The Labute approximate surface area is 234 Å². The van der Waals surface area contributed by atoms with Crippen molar-refractivity contribution in [3.63, 3.8) is 0 Å². The van der Waals surface area contributed by atoms with E-state index in [9.17, 15) is 22.0 Å². The van der Waals surface area contributed by atoms with Gasteiger partial charge in [0.25, 0.3) is 0 Å². The number of carbonyl (C=O) groups excluding carboxylic acids is 1. The number of imidazole rings is 1. The first-order chi connectivity index (χ1) is 18.9.